The Labute approximate surface area is 123 Å². The Kier molecular flexibility index (Phi) is 6.76. The minimum atomic E-state index is 0.278. The number of aromatic nitrogens is 2. The molecule has 1 heterocycles. The standard InChI is InChI=1S/C16H29N3O/c1-6-8-9-10-16(4,5)12-17-14-11-15(20-7-2)19-13(3)18-14/h11H,6-10,12H2,1-5H3,(H,17,18,19). The van der Waals surface area contributed by atoms with E-state index in [9.17, 15) is 0 Å². The molecule has 0 aliphatic rings. The lowest BCUT2D eigenvalue weighted by atomic mass is 9.87. The fourth-order valence-electron chi connectivity index (χ4n) is 2.12. The zero-order valence-corrected chi connectivity index (χ0v) is 13.6. The summed E-state index contributed by atoms with van der Waals surface area (Å²) < 4.78 is 5.45. The van der Waals surface area contributed by atoms with Crippen LogP contribution in [0.4, 0.5) is 5.82 Å². The fourth-order valence-corrected chi connectivity index (χ4v) is 2.12. The molecule has 0 aliphatic carbocycles. The number of unbranched alkanes of at least 4 members (excludes halogenated alkanes) is 2. The van der Waals surface area contributed by atoms with Crippen molar-refractivity contribution in [2.45, 2.75) is 60.3 Å². The fraction of sp³-hybridized carbons (Fsp3) is 0.750. The van der Waals surface area contributed by atoms with Crippen LogP contribution in [0.1, 0.15) is 59.2 Å². The summed E-state index contributed by atoms with van der Waals surface area (Å²) >= 11 is 0. The maximum Gasteiger partial charge on any atom is 0.218 e. The Morgan fingerprint density at radius 2 is 1.95 bits per heavy atom. The number of aryl methyl sites for hydroxylation is 1. The number of ether oxygens (including phenoxy) is 1. The van der Waals surface area contributed by atoms with Crippen LogP contribution in [0.3, 0.4) is 0 Å². The Balaban J connectivity index is 2.55. The summed E-state index contributed by atoms with van der Waals surface area (Å²) in [4.78, 5) is 8.67. The van der Waals surface area contributed by atoms with Gasteiger partial charge < -0.3 is 10.1 Å². The van der Waals surface area contributed by atoms with E-state index in [1.54, 1.807) is 0 Å². The summed E-state index contributed by atoms with van der Waals surface area (Å²) in [6.07, 6.45) is 5.10. The van der Waals surface area contributed by atoms with Crippen LogP contribution in [0.2, 0.25) is 0 Å². The lowest BCUT2D eigenvalue weighted by Gasteiger charge is -2.25. The first-order valence-corrected chi connectivity index (χ1v) is 7.69. The maximum absolute atomic E-state index is 5.45. The van der Waals surface area contributed by atoms with E-state index in [0.717, 1.165) is 18.2 Å². The molecule has 114 valence electrons. The van der Waals surface area contributed by atoms with Crippen LogP contribution < -0.4 is 10.1 Å². The van der Waals surface area contributed by atoms with Crippen LogP contribution in [0.5, 0.6) is 5.88 Å². The van der Waals surface area contributed by atoms with Gasteiger partial charge in [0.05, 0.1) is 6.61 Å². The second kappa shape index (κ2) is 8.08. The topological polar surface area (TPSA) is 47.0 Å². The van der Waals surface area contributed by atoms with E-state index in [-0.39, 0.29) is 5.41 Å². The zero-order chi connectivity index (χ0) is 15.0. The molecule has 0 aliphatic heterocycles. The Hall–Kier alpha value is -1.32. The molecule has 1 aromatic heterocycles. The van der Waals surface area contributed by atoms with Crippen LogP contribution in [0.25, 0.3) is 0 Å². The van der Waals surface area contributed by atoms with Crippen molar-refractivity contribution in [1.29, 1.82) is 0 Å². The van der Waals surface area contributed by atoms with Gasteiger partial charge in [-0.2, -0.15) is 4.98 Å². The van der Waals surface area contributed by atoms with Crippen molar-refractivity contribution in [2.24, 2.45) is 5.41 Å². The molecule has 0 unspecified atom stereocenters. The van der Waals surface area contributed by atoms with Crippen LogP contribution in [0, 0.1) is 12.3 Å². The highest BCUT2D eigenvalue weighted by Gasteiger charge is 2.17. The number of rotatable bonds is 9. The molecule has 0 amide bonds. The summed E-state index contributed by atoms with van der Waals surface area (Å²) in [6.45, 7) is 12.2. The van der Waals surface area contributed by atoms with Crippen LogP contribution in [0.15, 0.2) is 6.07 Å². The van der Waals surface area contributed by atoms with Gasteiger partial charge in [0, 0.05) is 12.6 Å². The molecule has 1 N–H and O–H groups in total. The SMILES string of the molecule is CCCCCC(C)(C)CNc1cc(OCC)nc(C)n1. The highest BCUT2D eigenvalue weighted by Crippen LogP contribution is 2.24. The van der Waals surface area contributed by atoms with E-state index in [1.807, 2.05) is 19.9 Å². The largest absolute Gasteiger partial charge is 0.478 e. The van der Waals surface area contributed by atoms with Gasteiger partial charge in [-0.05, 0) is 25.7 Å². The van der Waals surface area contributed by atoms with Crippen molar-refractivity contribution in [3.8, 4) is 5.88 Å². The molecule has 4 nitrogen and oxygen atoms in total. The van der Waals surface area contributed by atoms with Gasteiger partial charge in [-0.3, -0.25) is 0 Å². The molecule has 0 radical (unpaired) electrons. The predicted octanol–water partition coefficient (Wildman–Crippen LogP) is 4.20. The maximum atomic E-state index is 5.45. The third kappa shape index (κ3) is 6.22. The minimum Gasteiger partial charge on any atom is -0.478 e. The molecule has 20 heavy (non-hydrogen) atoms. The zero-order valence-electron chi connectivity index (χ0n) is 13.6. The monoisotopic (exact) mass is 279 g/mol. The average Bonchev–Trinajstić information content (AvgIpc) is 2.37. The van der Waals surface area contributed by atoms with E-state index in [1.165, 1.54) is 25.7 Å². The highest BCUT2D eigenvalue weighted by molar-refractivity contribution is 5.38. The second-order valence-corrected chi connectivity index (χ2v) is 6.05. The Morgan fingerprint density at radius 3 is 2.60 bits per heavy atom. The molecular formula is C16H29N3O. The van der Waals surface area contributed by atoms with Crippen molar-refractivity contribution in [3.05, 3.63) is 11.9 Å². The lowest BCUT2D eigenvalue weighted by molar-refractivity contribution is 0.325. The van der Waals surface area contributed by atoms with E-state index in [2.05, 4.69) is 36.1 Å². The Morgan fingerprint density at radius 1 is 1.20 bits per heavy atom. The average molecular weight is 279 g/mol. The summed E-state index contributed by atoms with van der Waals surface area (Å²) in [5.41, 5.74) is 0.278. The number of nitrogens with zero attached hydrogens (tertiary/aromatic N) is 2. The van der Waals surface area contributed by atoms with Crippen molar-refractivity contribution in [1.82, 2.24) is 9.97 Å². The predicted molar refractivity (Wildman–Crippen MR) is 84.4 cm³/mol. The van der Waals surface area contributed by atoms with Crippen molar-refractivity contribution in [3.63, 3.8) is 0 Å². The van der Waals surface area contributed by atoms with E-state index in [0.29, 0.717) is 12.5 Å². The lowest BCUT2D eigenvalue weighted by Crippen LogP contribution is -2.23. The number of nitrogens with one attached hydrogen (secondary N) is 1. The molecule has 0 bridgehead atoms. The van der Waals surface area contributed by atoms with E-state index in [4.69, 9.17) is 4.74 Å². The molecular weight excluding hydrogens is 250 g/mol. The van der Waals surface area contributed by atoms with Gasteiger partial charge in [-0.25, -0.2) is 4.98 Å². The smallest absolute Gasteiger partial charge is 0.218 e. The van der Waals surface area contributed by atoms with Crippen LogP contribution in [-0.4, -0.2) is 23.1 Å². The van der Waals surface area contributed by atoms with Crippen molar-refractivity contribution >= 4 is 5.82 Å². The van der Waals surface area contributed by atoms with Crippen LogP contribution in [-0.2, 0) is 0 Å². The summed E-state index contributed by atoms with van der Waals surface area (Å²) in [7, 11) is 0. The first-order chi connectivity index (χ1) is 9.46. The van der Waals surface area contributed by atoms with Gasteiger partial charge in [0.1, 0.15) is 11.6 Å². The molecule has 1 aromatic rings. The molecule has 0 saturated carbocycles. The third-order valence-electron chi connectivity index (χ3n) is 3.31. The molecule has 0 saturated heterocycles. The van der Waals surface area contributed by atoms with Gasteiger partial charge in [0.25, 0.3) is 0 Å². The Bertz CT molecular complexity index is 405. The quantitative estimate of drug-likeness (QED) is 0.688. The number of hydrogen-bond donors (Lipinski definition) is 1. The van der Waals surface area contributed by atoms with Gasteiger partial charge in [-0.1, -0.05) is 40.0 Å². The summed E-state index contributed by atoms with van der Waals surface area (Å²) in [6, 6.07) is 1.87. The molecule has 4 heteroatoms. The first kappa shape index (κ1) is 16.7. The third-order valence-corrected chi connectivity index (χ3v) is 3.31. The molecule has 1 rings (SSSR count). The van der Waals surface area contributed by atoms with Gasteiger partial charge in [0.2, 0.25) is 5.88 Å². The number of hydrogen-bond acceptors (Lipinski definition) is 4. The van der Waals surface area contributed by atoms with Crippen molar-refractivity contribution in [2.75, 3.05) is 18.5 Å². The van der Waals surface area contributed by atoms with Crippen molar-refractivity contribution < 1.29 is 4.74 Å². The van der Waals surface area contributed by atoms with E-state index < -0.39 is 0 Å². The normalized spacial score (nSPS) is 11.4. The molecule has 0 atom stereocenters. The molecule has 0 spiro atoms. The second-order valence-electron chi connectivity index (χ2n) is 6.05. The first-order valence-electron chi connectivity index (χ1n) is 7.69. The highest BCUT2D eigenvalue weighted by atomic mass is 16.5. The van der Waals surface area contributed by atoms with Gasteiger partial charge >= 0.3 is 0 Å². The molecule has 0 fully saturated rings. The van der Waals surface area contributed by atoms with Crippen LogP contribution >= 0.6 is 0 Å². The summed E-state index contributed by atoms with van der Waals surface area (Å²) in [5.74, 6) is 2.23. The minimum absolute atomic E-state index is 0.278. The number of anilines is 1. The summed E-state index contributed by atoms with van der Waals surface area (Å²) in [5, 5.41) is 3.42. The van der Waals surface area contributed by atoms with E-state index >= 15 is 0 Å². The van der Waals surface area contributed by atoms with Gasteiger partial charge in [0.15, 0.2) is 0 Å². The van der Waals surface area contributed by atoms with Gasteiger partial charge in [-0.15, -0.1) is 0 Å². The molecule has 0 aromatic carbocycles.